The lowest BCUT2D eigenvalue weighted by Gasteiger charge is -2.40. The third-order valence-corrected chi connectivity index (χ3v) is 4.14. The van der Waals surface area contributed by atoms with E-state index in [-0.39, 0.29) is 11.3 Å². The average molecular weight is 314 g/mol. The monoisotopic (exact) mass is 314 g/mol. The molecule has 1 aliphatic rings. The topological polar surface area (TPSA) is 32.3 Å². The lowest BCUT2D eigenvalue weighted by molar-refractivity contribution is -0.134. The van der Waals surface area contributed by atoms with Crippen LogP contribution in [0.15, 0.2) is 55.6 Å². The molecule has 0 aliphatic carbocycles. The first-order chi connectivity index (χ1) is 11.1. The highest BCUT2D eigenvalue weighted by atomic mass is 16.2. The number of hydrogen-bond acceptors (Lipinski definition) is 2. The molecule has 1 atom stereocenters. The Balaban J connectivity index is 0.000000593. The SMILES string of the molecule is C=CC=C.CCNC(=O)C1(Cc2ccccc2)CCCN(C)C1. The molecule has 1 aliphatic heterocycles. The zero-order valence-electron chi connectivity index (χ0n) is 14.6. The van der Waals surface area contributed by atoms with Crippen LogP contribution in [0.4, 0.5) is 0 Å². The summed E-state index contributed by atoms with van der Waals surface area (Å²) in [6, 6.07) is 10.4. The minimum atomic E-state index is -0.260. The Morgan fingerprint density at radius 1 is 1.30 bits per heavy atom. The Bertz CT molecular complexity index is 492. The fourth-order valence-electron chi connectivity index (χ4n) is 3.11. The number of piperidine rings is 1. The lowest BCUT2D eigenvalue weighted by atomic mass is 9.74. The number of carbonyl (C=O) groups excluding carboxylic acids is 1. The number of carbonyl (C=O) groups is 1. The van der Waals surface area contributed by atoms with Crippen LogP contribution in [-0.2, 0) is 11.2 Å². The second kappa shape index (κ2) is 10.0. The number of amides is 1. The predicted molar refractivity (Wildman–Crippen MR) is 98.4 cm³/mol. The molecule has 3 heteroatoms. The van der Waals surface area contributed by atoms with E-state index in [0.717, 1.165) is 32.4 Å². The van der Waals surface area contributed by atoms with Gasteiger partial charge in [-0.3, -0.25) is 4.79 Å². The third-order valence-electron chi connectivity index (χ3n) is 4.14. The third kappa shape index (κ3) is 6.03. The molecule has 3 nitrogen and oxygen atoms in total. The number of hydrogen-bond donors (Lipinski definition) is 1. The summed E-state index contributed by atoms with van der Waals surface area (Å²) in [7, 11) is 2.11. The van der Waals surface area contributed by atoms with Crippen molar-refractivity contribution in [1.82, 2.24) is 10.2 Å². The van der Waals surface area contributed by atoms with Gasteiger partial charge in [0.15, 0.2) is 0 Å². The highest BCUT2D eigenvalue weighted by Gasteiger charge is 2.40. The molecule has 1 aromatic rings. The number of allylic oxidation sites excluding steroid dienone is 2. The largest absolute Gasteiger partial charge is 0.356 e. The zero-order valence-corrected chi connectivity index (χ0v) is 14.6. The van der Waals surface area contributed by atoms with Crippen molar-refractivity contribution in [2.24, 2.45) is 5.41 Å². The Morgan fingerprint density at radius 2 is 1.96 bits per heavy atom. The van der Waals surface area contributed by atoms with Crippen LogP contribution in [0.1, 0.15) is 25.3 Å². The standard InChI is InChI=1S/C16H24N2O.C4H6/c1-3-17-15(19)16(10-7-11-18(2)13-16)12-14-8-5-4-6-9-14;1-3-4-2/h4-6,8-9H,3,7,10-13H2,1-2H3,(H,17,19);3-4H,1-2H2. The van der Waals surface area contributed by atoms with Gasteiger partial charge in [-0.15, -0.1) is 0 Å². The Morgan fingerprint density at radius 3 is 2.48 bits per heavy atom. The van der Waals surface area contributed by atoms with Crippen molar-refractivity contribution in [3.63, 3.8) is 0 Å². The van der Waals surface area contributed by atoms with E-state index >= 15 is 0 Å². The molecule has 1 amide bonds. The number of nitrogens with one attached hydrogen (secondary N) is 1. The molecule has 126 valence electrons. The molecule has 1 N–H and O–H groups in total. The second-order valence-electron chi connectivity index (χ2n) is 6.11. The molecular weight excluding hydrogens is 284 g/mol. The van der Waals surface area contributed by atoms with Crippen LogP contribution >= 0.6 is 0 Å². The molecule has 0 aromatic heterocycles. The normalized spacial score (nSPS) is 20.8. The van der Waals surface area contributed by atoms with Gasteiger partial charge >= 0.3 is 0 Å². The van der Waals surface area contributed by atoms with E-state index in [0.29, 0.717) is 6.54 Å². The molecule has 23 heavy (non-hydrogen) atoms. The Kier molecular flexibility index (Phi) is 8.35. The molecule has 0 bridgehead atoms. The van der Waals surface area contributed by atoms with Crippen molar-refractivity contribution in [3.8, 4) is 0 Å². The summed E-state index contributed by atoms with van der Waals surface area (Å²) in [6.07, 6.45) is 6.20. The van der Waals surface area contributed by atoms with Crippen LogP contribution in [0.5, 0.6) is 0 Å². The van der Waals surface area contributed by atoms with Crippen LogP contribution in [0, 0.1) is 5.41 Å². The van der Waals surface area contributed by atoms with E-state index in [4.69, 9.17) is 0 Å². The molecule has 2 rings (SSSR count). The highest BCUT2D eigenvalue weighted by Crippen LogP contribution is 2.33. The maximum atomic E-state index is 12.5. The highest BCUT2D eigenvalue weighted by molar-refractivity contribution is 5.83. The van der Waals surface area contributed by atoms with Gasteiger partial charge in [-0.05, 0) is 45.3 Å². The summed E-state index contributed by atoms with van der Waals surface area (Å²) >= 11 is 0. The molecule has 1 saturated heterocycles. The quantitative estimate of drug-likeness (QED) is 0.845. The first-order valence-electron chi connectivity index (χ1n) is 8.32. The van der Waals surface area contributed by atoms with Gasteiger partial charge in [-0.25, -0.2) is 0 Å². The van der Waals surface area contributed by atoms with Gasteiger partial charge < -0.3 is 10.2 Å². The molecule has 0 spiro atoms. The molecule has 0 radical (unpaired) electrons. The smallest absolute Gasteiger partial charge is 0.227 e. The molecule has 0 saturated carbocycles. The van der Waals surface area contributed by atoms with Crippen LogP contribution in [0.3, 0.4) is 0 Å². The van der Waals surface area contributed by atoms with Crippen molar-refractivity contribution >= 4 is 5.91 Å². The average Bonchev–Trinajstić information content (AvgIpc) is 2.56. The Hall–Kier alpha value is -1.87. The van der Waals surface area contributed by atoms with Crippen LogP contribution < -0.4 is 5.32 Å². The first-order valence-corrected chi connectivity index (χ1v) is 8.32. The van der Waals surface area contributed by atoms with Crippen molar-refractivity contribution < 1.29 is 4.79 Å². The molecule has 1 fully saturated rings. The van der Waals surface area contributed by atoms with Crippen molar-refractivity contribution in [1.29, 1.82) is 0 Å². The number of benzene rings is 1. The Labute approximate surface area is 141 Å². The van der Waals surface area contributed by atoms with E-state index in [1.165, 1.54) is 5.56 Å². The minimum absolute atomic E-state index is 0.213. The first kappa shape index (κ1) is 19.2. The van der Waals surface area contributed by atoms with E-state index in [1.807, 2.05) is 25.1 Å². The number of nitrogens with zero attached hydrogens (tertiary/aromatic N) is 1. The number of rotatable bonds is 5. The minimum Gasteiger partial charge on any atom is -0.356 e. The molecule has 1 unspecified atom stereocenters. The second-order valence-corrected chi connectivity index (χ2v) is 6.11. The summed E-state index contributed by atoms with van der Waals surface area (Å²) in [6.45, 7) is 11.4. The molecule has 1 heterocycles. The van der Waals surface area contributed by atoms with E-state index in [9.17, 15) is 4.79 Å². The van der Waals surface area contributed by atoms with Crippen molar-refractivity contribution in [3.05, 3.63) is 61.2 Å². The van der Waals surface area contributed by atoms with Crippen LogP contribution in [0.2, 0.25) is 0 Å². The summed E-state index contributed by atoms with van der Waals surface area (Å²) in [5.41, 5.74) is 0.994. The van der Waals surface area contributed by atoms with E-state index in [2.05, 4.69) is 42.6 Å². The fourth-order valence-corrected chi connectivity index (χ4v) is 3.11. The fraction of sp³-hybridized carbons (Fsp3) is 0.450. The van der Waals surface area contributed by atoms with Crippen molar-refractivity contribution in [2.45, 2.75) is 26.2 Å². The molecule has 1 aromatic carbocycles. The van der Waals surface area contributed by atoms with Gasteiger partial charge in [0, 0.05) is 13.1 Å². The van der Waals surface area contributed by atoms with Crippen LogP contribution in [0.25, 0.3) is 0 Å². The maximum absolute atomic E-state index is 12.5. The maximum Gasteiger partial charge on any atom is 0.227 e. The zero-order chi connectivity index (χ0) is 17.1. The summed E-state index contributed by atoms with van der Waals surface area (Å²) in [5.74, 6) is 0.213. The van der Waals surface area contributed by atoms with Gasteiger partial charge in [-0.1, -0.05) is 55.6 Å². The summed E-state index contributed by atoms with van der Waals surface area (Å²) < 4.78 is 0. The van der Waals surface area contributed by atoms with E-state index < -0.39 is 0 Å². The van der Waals surface area contributed by atoms with Gasteiger partial charge in [0.2, 0.25) is 5.91 Å². The van der Waals surface area contributed by atoms with Gasteiger partial charge in [0.05, 0.1) is 5.41 Å². The lowest BCUT2D eigenvalue weighted by Crippen LogP contribution is -2.52. The van der Waals surface area contributed by atoms with Crippen molar-refractivity contribution in [2.75, 3.05) is 26.7 Å². The summed E-state index contributed by atoms with van der Waals surface area (Å²) in [4.78, 5) is 14.8. The molecular formula is C20H30N2O. The summed E-state index contributed by atoms with van der Waals surface area (Å²) in [5, 5.41) is 3.03. The van der Waals surface area contributed by atoms with Gasteiger partial charge in [0.1, 0.15) is 0 Å². The number of likely N-dealkylation sites (tertiary alicyclic amines) is 1. The predicted octanol–water partition coefficient (Wildman–Crippen LogP) is 3.44. The van der Waals surface area contributed by atoms with Gasteiger partial charge in [-0.2, -0.15) is 0 Å². The van der Waals surface area contributed by atoms with E-state index in [1.54, 1.807) is 12.2 Å². The van der Waals surface area contributed by atoms with Crippen LogP contribution in [-0.4, -0.2) is 37.5 Å². The van der Waals surface area contributed by atoms with Gasteiger partial charge in [0.25, 0.3) is 0 Å².